The number of hydrogen-bond donors (Lipinski definition) is 2. The highest BCUT2D eigenvalue weighted by molar-refractivity contribution is 7.99. The quantitative estimate of drug-likeness (QED) is 0.479. The van der Waals surface area contributed by atoms with Crippen molar-refractivity contribution in [3.8, 4) is 0 Å². The van der Waals surface area contributed by atoms with Gasteiger partial charge in [0.15, 0.2) is 11.0 Å². The maximum atomic E-state index is 12.6. The second kappa shape index (κ2) is 10.9. The minimum absolute atomic E-state index is 0.0687. The van der Waals surface area contributed by atoms with Crippen molar-refractivity contribution in [2.75, 3.05) is 5.75 Å². The Bertz CT molecular complexity index is 1070. The zero-order valence-corrected chi connectivity index (χ0v) is 19.6. The first-order valence-corrected chi connectivity index (χ1v) is 11.6. The molecule has 3 aromatic rings. The minimum Gasteiger partial charge on any atom is -0.349 e. The molecule has 0 radical (unpaired) electrons. The second-order valence-corrected chi connectivity index (χ2v) is 8.58. The first kappa shape index (κ1) is 23.5. The van der Waals surface area contributed by atoms with Crippen LogP contribution in [-0.2, 0) is 11.3 Å². The lowest BCUT2D eigenvalue weighted by Gasteiger charge is -2.16. The van der Waals surface area contributed by atoms with Crippen LogP contribution in [0.25, 0.3) is 0 Å². The fraction of sp³-hybridized carbons (Fsp3) is 0.333. The van der Waals surface area contributed by atoms with Crippen LogP contribution in [0.4, 0.5) is 0 Å². The van der Waals surface area contributed by atoms with Crippen molar-refractivity contribution in [3.63, 3.8) is 0 Å². The van der Waals surface area contributed by atoms with Gasteiger partial charge in [0.2, 0.25) is 5.91 Å². The molecule has 0 saturated carbocycles. The van der Waals surface area contributed by atoms with Crippen LogP contribution in [0.3, 0.4) is 0 Å². The molecule has 2 aromatic carbocycles. The molecule has 32 heavy (non-hydrogen) atoms. The first-order chi connectivity index (χ1) is 15.4. The number of nitrogens with one attached hydrogen (secondary N) is 2. The van der Waals surface area contributed by atoms with Gasteiger partial charge in [-0.3, -0.25) is 9.59 Å². The van der Waals surface area contributed by atoms with Crippen molar-refractivity contribution in [1.82, 2.24) is 25.4 Å². The average molecular weight is 452 g/mol. The Morgan fingerprint density at radius 1 is 1.00 bits per heavy atom. The van der Waals surface area contributed by atoms with Gasteiger partial charge in [-0.25, -0.2) is 0 Å². The van der Waals surface area contributed by atoms with Crippen LogP contribution in [0.1, 0.15) is 60.2 Å². The fourth-order valence-electron chi connectivity index (χ4n) is 3.39. The summed E-state index contributed by atoms with van der Waals surface area (Å²) < 4.78 is 1.93. The van der Waals surface area contributed by atoms with E-state index in [-0.39, 0.29) is 29.7 Å². The number of rotatable bonds is 9. The maximum Gasteiger partial charge on any atom is 0.251 e. The van der Waals surface area contributed by atoms with E-state index in [9.17, 15) is 9.59 Å². The Balaban J connectivity index is 1.60. The van der Waals surface area contributed by atoms with Crippen LogP contribution in [-0.4, -0.2) is 32.3 Å². The van der Waals surface area contributed by atoms with Crippen molar-refractivity contribution >= 4 is 23.6 Å². The molecule has 1 heterocycles. The van der Waals surface area contributed by atoms with Gasteiger partial charge in [0.1, 0.15) is 0 Å². The predicted molar refractivity (Wildman–Crippen MR) is 126 cm³/mol. The largest absolute Gasteiger partial charge is 0.349 e. The highest BCUT2D eigenvalue weighted by Crippen LogP contribution is 2.21. The van der Waals surface area contributed by atoms with E-state index in [1.54, 1.807) is 6.07 Å². The van der Waals surface area contributed by atoms with Gasteiger partial charge in [0, 0.05) is 12.1 Å². The molecule has 0 unspecified atom stereocenters. The second-order valence-electron chi connectivity index (χ2n) is 7.64. The minimum atomic E-state index is -0.322. The molecule has 0 spiro atoms. The third-order valence-electron chi connectivity index (χ3n) is 5.09. The number of hydrogen-bond acceptors (Lipinski definition) is 5. The maximum absolute atomic E-state index is 12.6. The number of carbonyl (C=O) groups excluding carboxylic acids is 2. The van der Waals surface area contributed by atoms with Crippen LogP contribution in [0.2, 0.25) is 0 Å². The van der Waals surface area contributed by atoms with Crippen LogP contribution >= 0.6 is 11.8 Å². The van der Waals surface area contributed by atoms with Gasteiger partial charge in [-0.15, -0.1) is 10.2 Å². The van der Waals surface area contributed by atoms with E-state index in [0.717, 1.165) is 11.1 Å². The summed E-state index contributed by atoms with van der Waals surface area (Å²) in [4.78, 5) is 25.0. The first-order valence-electron chi connectivity index (χ1n) is 10.7. The summed E-state index contributed by atoms with van der Waals surface area (Å²) in [7, 11) is 0. The average Bonchev–Trinajstić information content (AvgIpc) is 3.21. The molecular formula is C24H29N5O2S. The molecule has 3 rings (SSSR count). The monoisotopic (exact) mass is 451 g/mol. The smallest absolute Gasteiger partial charge is 0.251 e. The number of nitrogens with zero attached hydrogens (tertiary/aromatic N) is 3. The third-order valence-corrected chi connectivity index (χ3v) is 6.05. The molecule has 0 fully saturated rings. The van der Waals surface area contributed by atoms with Gasteiger partial charge in [-0.2, -0.15) is 0 Å². The van der Waals surface area contributed by atoms with Crippen molar-refractivity contribution < 1.29 is 9.59 Å². The summed E-state index contributed by atoms with van der Waals surface area (Å²) in [5, 5.41) is 15.2. The van der Waals surface area contributed by atoms with E-state index in [1.165, 1.54) is 11.8 Å². The molecule has 0 aliphatic carbocycles. The molecule has 8 heteroatoms. The van der Waals surface area contributed by atoms with Crippen LogP contribution < -0.4 is 10.6 Å². The van der Waals surface area contributed by atoms with Gasteiger partial charge in [-0.05, 0) is 45.4 Å². The molecule has 2 atom stereocenters. The lowest BCUT2D eigenvalue weighted by molar-refractivity contribution is -0.119. The number of aryl methyl sites for hydroxylation is 1. The topological polar surface area (TPSA) is 88.9 Å². The molecular weight excluding hydrogens is 422 g/mol. The Labute approximate surface area is 193 Å². The van der Waals surface area contributed by atoms with E-state index in [4.69, 9.17) is 0 Å². The normalized spacial score (nSPS) is 12.8. The van der Waals surface area contributed by atoms with Crippen molar-refractivity contribution in [2.45, 2.75) is 51.5 Å². The zero-order chi connectivity index (χ0) is 23.1. The van der Waals surface area contributed by atoms with Crippen LogP contribution in [0, 0.1) is 6.92 Å². The molecule has 0 aliphatic rings. The summed E-state index contributed by atoms with van der Waals surface area (Å²) in [6.07, 6.45) is 0. The predicted octanol–water partition coefficient (Wildman–Crippen LogP) is 4.07. The SMILES string of the molecule is CCn1c(SCC(=O)N[C@@H](C)c2ccccc2)nnc1[C@H](C)NC(=O)c1cccc(C)c1. The lowest BCUT2D eigenvalue weighted by Crippen LogP contribution is -2.29. The lowest BCUT2D eigenvalue weighted by atomic mass is 10.1. The third kappa shape index (κ3) is 5.97. The van der Waals surface area contributed by atoms with E-state index in [0.29, 0.717) is 23.1 Å². The van der Waals surface area contributed by atoms with Crippen molar-refractivity contribution in [3.05, 3.63) is 77.1 Å². The zero-order valence-electron chi connectivity index (χ0n) is 18.8. The number of aromatic nitrogens is 3. The summed E-state index contributed by atoms with van der Waals surface area (Å²) in [6.45, 7) is 8.42. The summed E-state index contributed by atoms with van der Waals surface area (Å²) in [5.74, 6) is 0.669. The van der Waals surface area contributed by atoms with Gasteiger partial charge in [-0.1, -0.05) is 59.8 Å². The van der Waals surface area contributed by atoms with E-state index in [2.05, 4.69) is 20.8 Å². The molecule has 0 bridgehead atoms. The molecule has 0 saturated heterocycles. The number of carbonyl (C=O) groups is 2. The molecule has 0 aliphatic heterocycles. The van der Waals surface area contributed by atoms with E-state index in [1.807, 2.05) is 80.8 Å². The summed E-state index contributed by atoms with van der Waals surface area (Å²) in [6, 6.07) is 16.9. The fourth-order valence-corrected chi connectivity index (χ4v) is 4.21. The molecule has 2 amide bonds. The van der Waals surface area contributed by atoms with Crippen LogP contribution in [0.15, 0.2) is 59.8 Å². The Kier molecular flexibility index (Phi) is 8.05. The molecule has 2 N–H and O–H groups in total. The van der Waals surface area contributed by atoms with Crippen LogP contribution in [0.5, 0.6) is 0 Å². The van der Waals surface area contributed by atoms with Crippen molar-refractivity contribution in [1.29, 1.82) is 0 Å². The Morgan fingerprint density at radius 3 is 2.44 bits per heavy atom. The summed E-state index contributed by atoms with van der Waals surface area (Å²) in [5.41, 5.74) is 2.70. The Morgan fingerprint density at radius 2 is 1.75 bits per heavy atom. The number of thioether (sulfide) groups is 1. The Hall–Kier alpha value is -3.13. The van der Waals surface area contributed by atoms with Crippen molar-refractivity contribution in [2.24, 2.45) is 0 Å². The molecule has 168 valence electrons. The highest BCUT2D eigenvalue weighted by atomic mass is 32.2. The van der Waals surface area contributed by atoms with Gasteiger partial charge in [0.05, 0.1) is 17.8 Å². The highest BCUT2D eigenvalue weighted by Gasteiger charge is 2.20. The van der Waals surface area contributed by atoms with E-state index >= 15 is 0 Å². The molecule has 7 nitrogen and oxygen atoms in total. The summed E-state index contributed by atoms with van der Waals surface area (Å²) >= 11 is 1.34. The molecule has 1 aromatic heterocycles. The van der Waals surface area contributed by atoms with Gasteiger partial charge >= 0.3 is 0 Å². The van der Waals surface area contributed by atoms with E-state index < -0.39 is 0 Å². The standard InChI is InChI=1S/C24H29N5O2S/c1-5-29-22(18(4)26-23(31)20-13-9-10-16(2)14-20)27-28-24(29)32-15-21(30)25-17(3)19-11-7-6-8-12-19/h6-14,17-18H,5,15H2,1-4H3,(H,25,30)(H,26,31)/t17-,18-/m0/s1. The van der Waals surface area contributed by atoms with Gasteiger partial charge < -0.3 is 15.2 Å². The number of benzene rings is 2. The number of amides is 2. The van der Waals surface area contributed by atoms with Gasteiger partial charge in [0.25, 0.3) is 5.91 Å².